The van der Waals surface area contributed by atoms with Crippen molar-refractivity contribution in [3.05, 3.63) is 28.2 Å². The van der Waals surface area contributed by atoms with Gasteiger partial charge in [-0.3, -0.25) is 4.79 Å². The molecule has 1 N–H and O–H groups in total. The molecule has 1 aromatic carbocycles. The Hall–Kier alpha value is -0.920. The van der Waals surface area contributed by atoms with Gasteiger partial charge in [-0.2, -0.15) is 0 Å². The summed E-state index contributed by atoms with van der Waals surface area (Å²) in [6, 6.07) is 5.03. The highest BCUT2D eigenvalue weighted by molar-refractivity contribution is 9.10. The first-order valence-electron chi connectivity index (χ1n) is 5.85. The van der Waals surface area contributed by atoms with E-state index in [0.717, 1.165) is 28.4 Å². The summed E-state index contributed by atoms with van der Waals surface area (Å²) in [5.41, 5.74) is 1.95. The number of nitrogens with one attached hydrogen (secondary N) is 1. The molecule has 1 aromatic rings. The Labute approximate surface area is 121 Å². The number of hydrogen-bond acceptors (Lipinski definition) is 3. The molecule has 1 unspecified atom stereocenters. The Kier molecular flexibility index (Phi) is 3.98. The minimum absolute atomic E-state index is 0.234. The molecule has 0 bridgehead atoms. The van der Waals surface area contributed by atoms with Crippen LogP contribution in [0.25, 0.3) is 0 Å². The standard InChI is InChI=1S/C12H15BrN2O3S/c1-8(14-19(2,17)18)12(16)15-6-5-9-3-4-10(13)7-11(9)15/h3-4,7-8,14H,5-6H2,1-2H3. The average molecular weight is 347 g/mol. The van der Waals surface area contributed by atoms with E-state index in [2.05, 4.69) is 20.7 Å². The largest absolute Gasteiger partial charge is 0.310 e. The zero-order valence-electron chi connectivity index (χ0n) is 10.7. The van der Waals surface area contributed by atoms with Gasteiger partial charge in [0.25, 0.3) is 0 Å². The van der Waals surface area contributed by atoms with Crippen LogP contribution in [0.4, 0.5) is 5.69 Å². The highest BCUT2D eigenvalue weighted by Crippen LogP contribution is 2.31. The quantitative estimate of drug-likeness (QED) is 0.896. The summed E-state index contributed by atoms with van der Waals surface area (Å²) in [7, 11) is -3.39. The van der Waals surface area contributed by atoms with Crippen molar-refractivity contribution in [2.45, 2.75) is 19.4 Å². The lowest BCUT2D eigenvalue weighted by Crippen LogP contribution is -2.46. The molecule has 0 aromatic heterocycles. The number of halogens is 1. The molecule has 1 aliphatic heterocycles. The molecule has 0 aliphatic carbocycles. The van der Waals surface area contributed by atoms with Gasteiger partial charge in [0.05, 0.1) is 12.3 Å². The van der Waals surface area contributed by atoms with Crippen LogP contribution < -0.4 is 9.62 Å². The maximum absolute atomic E-state index is 12.3. The minimum Gasteiger partial charge on any atom is -0.310 e. The van der Waals surface area contributed by atoms with Crippen LogP contribution in [-0.4, -0.2) is 33.2 Å². The van der Waals surface area contributed by atoms with E-state index >= 15 is 0 Å². The Balaban J connectivity index is 2.21. The van der Waals surface area contributed by atoms with Gasteiger partial charge in [-0.1, -0.05) is 22.0 Å². The van der Waals surface area contributed by atoms with Crippen LogP contribution in [0.2, 0.25) is 0 Å². The zero-order valence-corrected chi connectivity index (χ0v) is 13.1. The SMILES string of the molecule is CC(NS(C)(=O)=O)C(=O)N1CCc2ccc(Br)cc21. The Bertz CT molecular complexity index is 615. The predicted molar refractivity (Wildman–Crippen MR) is 77.6 cm³/mol. The van der Waals surface area contributed by atoms with Gasteiger partial charge in [-0.15, -0.1) is 0 Å². The van der Waals surface area contributed by atoms with Crippen molar-refractivity contribution in [1.29, 1.82) is 0 Å². The van der Waals surface area contributed by atoms with Crippen molar-refractivity contribution in [2.24, 2.45) is 0 Å². The fourth-order valence-corrected chi connectivity index (χ4v) is 3.28. The van der Waals surface area contributed by atoms with Gasteiger partial charge in [0, 0.05) is 16.7 Å². The molecule has 2 rings (SSSR count). The van der Waals surface area contributed by atoms with Crippen LogP contribution in [0.5, 0.6) is 0 Å². The molecule has 19 heavy (non-hydrogen) atoms. The van der Waals surface area contributed by atoms with Crippen molar-refractivity contribution in [3.63, 3.8) is 0 Å². The molecular weight excluding hydrogens is 332 g/mol. The molecule has 5 nitrogen and oxygen atoms in total. The van der Waals surface area contributed by atoms with E-state index in [4.69, 9.17) is 0 Å². The third kappa shape index (κ3) is 3.34. The van der Waals surface area contributed by atoms with Gasteiger partial charge in [-0.25, -0.2) is 13.1 Å². The average Bonchev–Trinajstić information content (AvgIpc) is 2.68. The van der Waals surface area contributed by atoms with Crippen molar-refractivity contribution < 1.29 is 13.2 Å². The smallest absolute Gasteiger partial charge is 0.244 e. The number of carbonyl (C=O) groups is 1. The highest BCUT2D eigenvalue weighted by atomic mass is 79.9. The summed E-state index contributed by atoms with van der Waals surface area (Å²) < 4.78 is 25.6. The lowest BCUT2D eigenvalue weighted by Gasteiger charge is -2.22. The second-order valence-corrected chi connectivity index (χ2v) is 7.32. The fraction of sp³-hybridized carbons (Fsp3) is 0.417. The van der Waals surface area contributed by atoms with E-state index in [-0.39, 0.29) is 5.91 Å². The topological polar surface area (TPSA) is 66.5 Å². The summed E-state index contributed by atoms with van der Waals surface area (Å²) >= 11 is 3.38. The molecule has 0 fully saturated rings. The van der Waals surface area contributed by atoms with Gasteiger partial charge in [-0.05, 0) is 31.0 Å². The van der Waals surface area contributed by atoms with Crippen LogP contribution in [-0.2, 0) is 21.2 Å². The van der Waals surface area contributed by atoms with Crippen LogP contribution in [0.15, 0.2) is 22.7 Å². The number of anilines is 1. The van der Waals surface area contributed by atoms with Crippen LogP contribution in [0.3, 0.4) is 0 Å². The van der Waals surface area contributed by atoms with Gasteiger partial charge < -0.3 is 4.90 Å². The minimum atomic E-state index is -3.39. The highest BCUT2D eigenvalue weighted by Gasteiger charge is 2.29. The van der Waals surface area contributed by atoms with E-state index in [1.54, 1.807) is 11.8 Å². The Morgan fingerprint density at radius 2 is 2.16 bits per heavy atom. The molecule has 0 saturated carbocycles. The maximum Gasteiger partial charge on any atom is 0.244 e. The number of benzene rings is 1. The van der Waals surface area contributed by atoms with Gasteiger partial charge in [0.1, 0.15) is 0 Å². The molecule has 1 heterocycles. The van der Waals surface area contributed by atoms with Crippen molar-refractivity contribution in [3.8, 4) is 0 Å². The molecule has 104 valence electrons. The lowest BCUT2D eigenvalue weighted by molar-refractivity contribution is -0.119. The summed E-state index contributed by atoms with van der Waals surface area (Å²) in [6.45, 7) is 2.14. The Morgan fingerprint density at radius 3 is 2.79 bits per heavy atom. The molecule has 0 saturated heterocycles. The van der Waals surface area contributed by atoms with Gasteiger partial charge in [0.2, 0.25) is 15.9 Å². The Morgan fingerprint density at radius 1 is 1.47 bits per heavy atom. The first-order chi connectivity index (χ1) is 8.78. The third-order valence-electron chi connectivity index (χ3n) is 2.97. The number of nitrogens with zero attached hydrogens (tertiary/aromatic N) is 1. The summed E-state index contributed by atoms with van der Waals surface area (Å²) in [5, 5.41) is 0. The monoisotopic (exact) mass is 346 g/mol. The van der Waals surface area contributed by atoms with E-state index < -0.39 is 16.1 Å². The van der Waals surface area contributed by atoms with E-state index in [9.17, 15) is 13.2 Å². The number of hydrogen-bond donors (Lipinski definition) is 1. The summed E-state index contributed by atoms with van der Waals surface area (Å²) in [4.78, 5) is 13.9. The first kappa shape index (κ1) is 14.5. The molecular formula is C12H15BrN2O3S. The molecule has 1 atom stereocenters. The normalized spacial score (nSPS) is 16.3. The number of sulfonamides is 1. The van der Waals surface area contributed by atoms with Gasteiger partial charge in [0.15, 0.2) is 0 Å². The van der Waals surface area contributed by atoms with E-state index in [1.807, 2.05) is 18.2 Å². The van der Waals surface area contributed by atoms with Crippen molar-refractivity contribution in [1.82, 2.24) is 4.72 Å². The second kappa shape index (κ2) is 5.22. The fourth-order valence-electron chi connectivity index (χ4n) is 2.19. The van der Waals surface area contributed by atoms with Crippen molar-refractivity contribution >= 4 is 37.5 Å². The van der Waals surface area contributed by atoms with Gasteiger partial charge >= 0.3 is 0 Å². The summed E-state index contributed by atoms with van der Waals surface area (Å²) in [6.07, 6.45) is 1.84. The predicted octanol–water partition coefficient (Wildman–Crippen LogP) is 1.28. The third-order valence-corrected chi connectivity index (χ3v) is 4.25. The zero-order chi connectivity index (χ0) is 14.2. The van der Waals surface area contributed by atoms with E-state index in [1.165, 1.54) is 0 Å². The molecule has 0 spiro atoms. The number of carbonyl (C=O) groups excluding carboxylic acids is 1. The lowest BCUT2D eigenvalue weighted by atomic mass is 10.2. The van der Waals surface area contributed by atoms with Crippen LogP contribution in [0, 0.1) is 0 Å². The van der Waals surface area contributed by atoms with Crippen LogP contribution in [0.1, 0.15) is 12.5 Å². The maximum atomic E-state index is 12.3. The molecule has 1 aliphatic rings. The molecule has 0 radical (unpaired) electrons. The molecule has 7 heteroatoms. The summed E-state index contributed by atoms with van der Waals surface area (Å²) in [5.74, 6) is -0.234. The number of rotatable bonds is 3. The molecule has 1 amide bonds. The van der Waals surface area contributed by atoms with Crippen LogP contribution >= 0.6 is 15.9 Å². The second-order valence-electron chi connectivity index (χ2n) is 4.62. The first-order valence-corrected chi connectivity index (χ1v) is 8.53. The number of amides is 1. The van der Waals surface area contributed by atoms with Crippen molar-refractivity contribution in [2.75, 3.05) is 17.7 Å². The number of fused-ring (bicyclic) bond motifs is 1. The van der Waals surface area contributed by atoms with E-state index in [0.29, 0.717) is 6.54 Å².